The number of carbonyl (C=O) groups excluding carboxylic acids is 1. The summed E-state index contributed by atoms with van der Waals surface area (Å²) in [6.45, 7) is 3.19. The monoisotopic (exact) mass is 341 g/mol. The van der Waals surface area contributed by atoms with Gasteiger partial charge in [0.25, 0.3) is 5.91 Å². The summed E-state index contributed by atoms with van der Waals surface area (Å²) in [6, 6.07) is 1.76. The van der Waals surface area contributed by atoms with Gasteiger partial charge in [0.2, 0.25) is 0 Å². The fourth-order valence-electron chi connectivity index (χ4n) is 2.14. The smallest absolute Gasteiger partial charge is 0.304 e. The van der Waals surface area contributed by atoms with Gasteiger partial charge in [-0.15, -0.1) is 0 Å². The number of carboxylic acids is 1. The maximum atomic E-state index is 12.3. The molecule has 2 heterocycles. The number of piperazine rings is 1. The molecular weight excluding hydrogens is 326 g/mol. The molecule has 0 spiro atoms. The fourth-order valence-corrected chi connectivity index (χ4v) is 2.50. The topological polar surface area (TPSA) is 73.7 Å². The Morgan fingerprint density at radius 3 is 2.55 bits per heavy atom. The number of hydrogen-bond donors (Lipinski definition) is 1. The van der Waals surface area contributed by atoms with Crippen molar-refractivity contribution in [1.82, 2.24) is 14.8 Å². The summed E-state index contributed by atoms with van der Waals surface area (Å²) in [5, 5.41) is 8.66. The number of aromatic nitrogens is 1. The van der Waals surface area contributed by atoms with Crippen LogP contribution in [0.5, 0.6) is 0 Å². The normalized spacial score (nSPS) is 16.1. The Labute approximate surface area is 125 Å². The van der Waals surface area contributed by atoms with Gasteiger partial charge in [-0.05, 0) is 22.0 Å². The van der Waals surface area contributed by atoms with E-state index in [1.165, 1.54) is 0 Å². The zero-order valence-corrected chi connectivity index (χ0v) is 12.5. The van der Waals surface area contributed by atoms with Crippen LogP contribution in [0.4, 0.5) is 0 Å². The molecule has 108 valence electrons. The van der Waals surface area contributed by atoms with Gasteiger partial charge >= 0.3 is 5.97 Å². The van der Waals surface area contributed by atoms with Crippen molar-refractivity contribution in [2.45, 2.75) is 6.42 Å². The second-order valence-corrected chi connectivity index (χ2v) is 5.59. The van der Waals surface area contributed by atoms with Crippen molar-refractivity contribution < 1.29 is 14.7 Å². The highest BCUT2D eigenvalue weighted by atomic mass is 79.9. The zero-order valence-electron chi connectivity index (χ0n) is 11.0. The predicted molar refractivity (Wildman–Crippen MR) is 76.5 cm³/mol. The summed E-state index contributed by atoms with van der Waals surface area (Å²) in [7, 11) is 0. The Kier molecular flexibility index (Phi) is 5.08. The number of amides is 1. The van der Waals surface area contributed by atoms with E-state index < -0.39 is 5.97 Å². The third-order valence-corrected chi connectivity index (χ3v) is 3.69. The van der Waals surface area contributed by atoms with Crippen LogP contribution in [-0.2, 0) is 4.79 Å². The van der Waals surface area contributed by atoms with E-state index in [9.17, 15) is 9.59 Å². The van der Waals surface area contributed by atoms with Crippen molar-refractivity contribution in [2.75, 3.05) is 32.7 Å². The first-order valence-corrected chi connectivity index (χ1v) is 7.19. The van der Waals surface area contributed by atoms with E-state index in [2.05, 4.69) is 25.8 Å². The lowest BCUT2D eigenvalue weighted by Crippen LogP contribution is -2.49. The van der Waals surface area contributed by atoms with Gasteiger partial charge in [-0.3, -0.25) is 19.5 Å². The summed E-state index contributed by atoms with van der Waals surface area (Å²) < 4.78 is 0.781. The van der Waals surface area contributed by atoms with Crippen LogP contribution in [0.15, 0.2) is 22.9 Å². The quantitative estimate of drug-likeness (QED) is 0.886. The molecule has 20 heavy (non-hydrogen) atoms. The highest BCUT2D eigenvalue weighted by Gasteiger charge is 2.22. The molecule has 1 aromatic heterocycles. The van der Waals surface area contributed by atoms with Gasteiger partial charge in [0, 0.05) is 49.6 Å². The lowest BCUT2D eigenvalue weighted by Gasteiger charge is -2.34. The number of pyridine rings is 1. The second-order valence-electron chi connectivity index (χ2n) is 4.67. The maximum absolute atomic E-state index is 12.3. The van der Waals surface area contributed by atoms with Crippen LogP contribution in [0.25, 0.3) is 0 Å². The van der Waals surface area contributed by atoms with Gasteiger partial charge in [0.05, 0.1) is 12.0 Å². The lowest BCUT2D eigenvalue weighted by molar-refractivity contribution is -0.137. The summed E-state index contributed by atoms with van der Waals surface area (Å²) in [5.74, 6) is -0.819. The van der Waals surface area contributed by atoms with Crippen LogP contribution in [0.2, 0.25) is 0 Å². The molecule has 0 bridgehead atoms. The van der Waals surface area contributed by atoms with Crippen LogP contribution >= 0.6 is 15.9 Å². The average molecular weight is 342 g/mol. The van der Waals surface area contributed by atoms with Gasteiger partial charge in [-0.1, -0.05) is 0 Å². The number of nitrogens with zero attached hydrogens (tertiary/aromatic N) is 3. The minimum atomic E-state index is -0.788. The Bertz CT molecular complexity index is 501. The van der Waals surface area contributed by atoms with Gasteiger partial charge in [0.1, 0.15) is 0 Å². The van der Waals surface area contributed by atoms with E-state index in [1.54, 1.807) is 23.4 Å². The minimum absolute atomic E-state index is 0.0308. The molecule has 0 unspecified atom stereocenters. The van der Waals surface area contributed by atoms with Crippen molar-refractivity contribution in [1.29, 1.82) is 0 Å². The molecule has 7 heteroatoms. The number of rotatable bonds is 4. The third-order valence-electron chi connectivity index (χ3n) is 3.25. The SMILES string of the molecule is O=C(O)CCN1CCN(C(=O)c2cncc(Br)c2)CC1. The van der Waals surface area contributed by atoms with E-state index in [0.29, 0.717) is 38.3 Å². The molecule has 1 fully saturated rings. The Morgan fingerprint density at radius 2 is 1.95 bits per heavy atom. The van der Waals surface area contributed by atoms with Gasteiger partial charge < -0.3 is 10.0 Å². The minimum Gasteiger partial charge on any atom is -0.481 e. The molecule has 1 aromatic rings. The molecule has 1 aliphatic heterocycles. The molecule has 6 nitrogen and oxygen atoms in total. The lowest BCUT2D eigenvalue weighted by atomic mass is 10.2. The molecule has 1 aliphatic rings. The molecule has 0 radical (unpaired) electrons. The van der Waals surface area contributed by atoms with E-state index in [1.807, 2.05) is 0 Å². The van der Waals surface area contributed by atoms with Crippen molar-refractivity contribution in [3.63, 3.8) is 0 Å². The van der Waals surface area contributed by atoms with Crippen LogP contribution < -0.4 is 0 Å². The van der Waals surface area contributed by atoms with E-state index in [4.69, 9.17) is 5.11 Å². The maximum Gasteiger partial charge on any atom is 0.304 e. The van der Waals surface area contributed by atoms with E-state index >= 15 is 0 Å². The molecular formula is C13H16BrN3O3. The largest absolute Gasteiger partial charge is 0.481 e. The van der Waals surface area contributed by atoms with Gasteiger partial charge in [0.15, 0.2) is 0 Å². The first kappa shape index (κ1) is 14.9. The standard InChI is InChI=1S/C13H16BrN3O3/c14-11-7-10(8-15-9-11)13(20)17-5-3-16(4-6-17)2-1-12(18)19/h7-9H,1-6H2,(H,18,19). The van der Waals surface area contributed by atoms with Crippen molar-refractivity contribution in [2.24, 2.45) is 0 Å². The van der Waals surface area contributed by atoms with E-state index in [-0.39, 0.29) is 12.3 Å². The Balaban J connectivity index is 1.87. The average Bonchev–Trinajstić information content (AvgIpc) is 2.45. The molecule has 1 N–H and O–H groups in total. The zero-order chi connectivity index (χ0) is 14.5. The van der Waals surface area contributed by atoms with E-state index in [0.717, 1.165) is 4.47 Å². The first-order valence-electron chi connectivity index (χ1n) is 6.40. The predicted octanol–water partition coefficient (Wildman–Crippen LogP) is 1.08. The van der Waals surface area contributed by atoms with Crippen LogP contribution in [0.1, 0.15) is 16.8 Å². The molecule has 1 amide bonds. The summed E-state index contributed by atoms with van der Waals surface area (Å²) in [6.07, 6.45) is 3.34. The van der Waals surface area contributed by atoms with Gasteiger partial charge in [-0.25, -0.2) is 0 Å². The molecule has 0 saturated carbocycles. The summed E-state index contributed by atoms with van der Waals surface area (Å²) in [4.78, 5) is 30.6. The van der Waals surface area contributed by atoms with Crippen molar-refractivity contribution >= 4 is 27.8 Å². The molecule has 0 aromatic carbocycles. The van der Waals surface area contributed by atoms with Crippen LogP contribution in [-0.4, -0.2) is 64.5 Å². The summed E-state index contributed by atoms with van der Waals surface area (Å²) in [5.41, 5.74) is 0.568. The number of halogens is 1. The van der Waals surface area contributed by atoms with Crippen LogP contribution in [0, 0.1) is 0 Å². The highest BCUT2D eigenvalue weighted by molar-refractivity contribution is 9.10. The van der Waals surface area contributed by atoms with Crippen LogP contribution in [0.3, 0.4) is 0 Å². The Morgan fingerprint density at radius 1 is 1.25 bits per heavy atom. The first-order chi connectivity index (χ1) is 9.56. The van der Waals surface area contributed by atoms with Crippen molar-refractivity contribution in [3.8, 4) is 0 Å². The molecule has 0 aliphatic carbocycles. The highest BCUT2D eigenvalue weighted by Crippen LogP contribution is 2.13. The second kappa shape index (κ2) is 6.81. The molecule has 0 atom stereocenters. The molecule has 1 saturated heterocycles. The fraction of sp³-hybridized carbons (Fsp3) is 0.462. The number of hydrogen-bond acceptors (Lipinski definition) is 4. The Hall–Kier alpha value is -1.47. The number of aliphatic carboxylic acids is 1. The van der Waals surface area contributed by atoms with Gasteiger partial charge in [-0.2, -0.15) is 0 Å². The molecule has 2 rings (SSSR count). The number of carbonyl (C=O) groups is 2. The third kappa shape index (κ3) is 4.01. The number of carboxylic acid groups (broad SMARTS) is 1. The summed E-state index contributed by atoms with van der Waals surface area (Å²) >= 11 is 3.30. The van der Waals surface area contributed by atoms with Crippen molar-refractivity contribution in [3.05, 3.63) is 28.5 Å².